The molecule has 0 aliphatic rings. The third-order valence-corrected chi connectivity index (χ3v) is 5.08. The summed E-state index contributed by atoms with van der Waals surface area (Å²) in [5.41, 5.74) is 1.10. The highest BCUT2D eigenvalue weighted by Gasteiger charge is 2.12. The van der Waals surface area contributed by atoms with Gasteiger partial charge in [0, 0.05) is 24.9 Å². The molecule has 1 aromatic heterocycles. The molecular formula is C19H28FIN4OS. The zero-order chi connectivity index (χ0) is 18.9. The van der Waals surface area contributed by atoms with E-state index < -0.39 is 0 Å². The van der Waals surface area contributed by atoms with Crippen molar-refractivity contribution in [1.82, 2.24) is 15.6 Å². The molecule has 0 aliphatic heterocycles. The predicted octanol–water partition coefficient (Wildman–Crippen LogP) is 4.08. The number of nitrogens with one attached hydrogen (secondary N) is 2. The van der Waals surface area contributed by atoms with Gasteiger partial charge < -0.3 is 15.4 Å². The Hall–Kier alpha value is -1.42. The molecule has 5 nitrogen and oxygen atoms in total. The van der Waals surface area contributed by atoms with Gasteiger partial charge >= 0.3 is 0 Å². The lowest BCUT2D eigenvalue weighted by molar-refractivity contribution is 0.191. The van der Waals surface area contributed by atoms with E-state index in [0.717, 1.165) is 30.1 Å². The number of ether oxygens (including phenoxy) is 1. The average molecular weight is 506 g/mol. The van der Waals surface area contributed by atoms with Gasteiger partial charge in [0.15, 0.2) is 17.5 Å². The van der Waals surface area contributed by atoms with Crippen molar-refractivity contribution in [3.63, 3.8) is 0 Å². The van der Waals surface area contributed by atoms with Crippen molar-refractivity contribution >= 4 is 41.3 Å². The number of benzene rings is 1. The van der Waals surface area contributed by atoms with E-state index in [0.29, 0.717) is 12.5 Å². The minimum Gasteiger partial charge on any atom is -0.486 e. The topological polar surface area (TPSA) is 58.5 Å². The molecule has 0 spiro atoms. The van der Waals surface area contributed by atoms with Crippen LogP contribution in [0, 0.1) is 19.7 Å². The van der Waals surface area contributed by atoms with Gasteiger partial charge in [-0.05, 0) is 32.4 Å². The van der Waals surface area contributed by atoms with Crippen LogP contribution in [0.5, 0.6) is 5.75 Å². The fourth-order valence-electron chi connectivity index (χ4n) is 2.52. The summed E-state index contributed by atoms with van der Waals surface area (Å²) in [5.74, 6) is 0.642. The van der Waals surface area contributed by atoms with Gasteiger partial charge in [0.25, 0.3) is 0 Å². The van der Waals surface area contributed by atoms with E-state index in [9.17, 15) is 4.39 Å². The third-order valence-electron chi connectivity index (χ3n) is 3.95. The summed E-state index contributed by atoms with van der Waals surface area (Å²) in [6.07, 6.45) is 1.52. The molecular weight excluding hydrogens is 478 g/mol. The third kappa shape index (κ3) is 7.61. The van der Waals surface area contributed by atoms with Crippen molar-refractivity contribution in [2.45, 2.75) is 39.7 Å². The van der Waals surface area contributed by atoms with Gasteiger partial charge in [-0.25, -0.2) is 9.37 Å². The minimum atomic E-state index is -0.344. The van der Waals surface area contributed by atoms with Gasteiger partial charge in [-0.2, -0.15) is 0 Å². The Morgan fingerprint density at radius 3 is 2.63 bits per heavy atom. The molecule has 2 aromatic rings. The van der Waals surface area contributed by atoms with Gasteiger partial charge in [0.05, 0.1) is 17.2 Å². The largest absolute Gasteiger partial charge is 0.486 e. The Morgan fingerprint density at radius 2 is 2.04 bits per heavy atom. The molecule has 1 aromatic carbocycles. The molecule has 150 valence electrons. The van der Waals surface area contributed by atoms with Crippen molar-refractivity contribution < 1.29 is 9.13 Å². The lowest BCUT2D eigenvalue weighted by Crippen LogP contribution is -2.43. The predicted molar refractivity (Wildman–Crippen MR) is 121 cm³/mol. The number of para-hydroxylation sites is 1. The fourth-order valence-corrected chi connectivity index (χ4v) is 3.46. The molecule has 1 heterocycles. The standard InChI is InChI=1S/C19H27FN4OS.HI/c1-5-15(25-17-9-7-6-8-16(17)20)12-23-19(21-4)22-11-10-18-13(2)24-14(3)26-18;/h6-9,15H,5,10-12H2,1-4H3,(H2,21,22,23);1H. The second kappa shape index (κ2) is 12.1. The molecule has 1 unspecified atom stereocenters. The van der Waals surface area contributed by atoms with Crippen LogP contribution in [-0.4, -0.2) is 37.2 Å². The molecule has 0 radical (unpaired) electrons. The molecule has 0 fully saturated rings. The summed E-state index contributed by atoms with van der Waals surface area (Å²) in [7, 11) is 1.73. The summed E-state index contributed by atoms with van der Waals surface area (Å²) >= 11 is 1.73. The van der Waals surface area contributed by atoms with E-state index in [1.54, 1.807) is 36.6 Å². The molecule has 0 bridgehead atoms. The first kappa shape index (κ1) is 23.6. The molecule has 1 atom stereocenters. The van der Waals surface area contributed by atoms with Gasteiger partial charge in [-0.3, -0.25) is 4.99 Å². The average Bonchev–Trinajstić information content (AvgIpc) is 2.95. The SMILES string of the molecule is CCC(CNC(=NC)NCCc1sc(C)nc1C)Oc1ccccc1F.I. The first-order valence-electron chi connectivity index (χ1n) is 8.82. The normalized spacial score (nSPS) is 12.3. The summed E-state index contributed by atoms with van der Waals surface area (Å²) < 4.78 is 19.5. The summed E-state index contributed by atoms with van der Waals surface area (Å²) in [6, 6.07) is 6.46. The van der Waals surface area contributed by atoms with Crippen LogP contribution in [0.15, 0.2) is 29.3 Å². The second-order valence-corrected chi connectivity index (χ2v) is 7.24. The van der Waals surface area contributed by atoms with Crippen LogP contribution < -0.4 is 15.4 Å². The zero-order valence-corrected chi connectivity index (χ0v) is 19.4. The van der Waals surface area contributed by atoms with Gasteiger partial charge in [-0.1, -0.05) is 19.1 Å². The maximum absolute atomic E-state index is 13.7. The quantitative estimate of drug-likeness (QED) is 0.322. The Bertz CT molecular complexity index is 738. The van der Waals surface area contributed by atoms with E-state index in [1.807, 2.05) is 20.8 Å². The first-order valence-corrected chi connectivity index (χ1v) is 9.63. The first-order chi connectivity index (χ1) is 12.5. The van der Waals surface area contributed by atoms with Crippen molar-refractivity contribution in [1.29, 1.82) is 0 Å². The van der Waals surface area contributed by atoms with Crippen LogP contribution >= 0.6 is 35.3 Å². The highest BCUT2D eigenvalue weighted by atomic mass is 127. The van der Waals surface area contributed by atoms with Crippen LogP contribution in [0.3, 0.4) is 0 Å². The van der Waals surface area contributed by atoms with Crippen LogP contribution in [0.2, 0.25) is 0 Å². The smallest absolute Gasteiger partial charge is 0.191 e. The molecule has 2 N–H and O–H groups in total. The number of rotatable bonds is 8. The maximum atomic E-state index is 13.7. The summed E-state index contributed by atoms with van der Waals surface area (Å²) in [4.78, 5) is 9.97. The van der Waals surface area contributed by atoms with Crippen LogP contribution in [0.25, 0.3) is 0 Å². The number of halogens is 2. The zero-order valence-electron chi connectivity index (χ0n) is 16.2. The Balaban J connectivity index is 0.00000364. The Kier molecular flexibility index (Phi) is 10.6. The van der Waals surface area contributed by atoms with E-state index in [4.69, 9.17) is 4.74 Å². The molecule has 0 amide bonds. The Labute approximate surface area is 181 Å². The monoisotopic (exact) mass is 506 g/mol. The Morgan fingerprint density at radius 1 is 1.30 bits per heavy atom. The highest BCUT2D eigenvalue weighted by Crippen LogP contribution is 2.18. The fraction of sp³-hybridized carbons (Fsp3) is 0.474. The van der Waals surface area contributed by atoms with Crippen LogP contribution in [0.1, 0.15) is 28.9 Å². The highest BCUT2D eigenvalue weighted by molar-refractivity contribution is 14.0. The number of aliphatic imine (C=N–C) groups is 1. The molecule has 8 heteroatoms. The van der Waals surface area contributed by atoms with E-state index in [1.165, 1.54) is 10.9 Å². The number of aromatic nitrogens is 1. The molecule has 27 heavy (non-hydrogen) atoms. The number of thiazole rings is 1. The van der Waals surface area contributed by atoms with Crippen LogP contribution in [-0.2, 0) is 6.42 Å². The van der Waals surface area contributed by atoms with E-state index >= 15 is 0 Å². The van der Waals surface area contributed by atoms with Crippen molar-refractivity contribution in [3.05, 3.63) is 45.7 Å². The van der Waals surface area contributed by atoms with Gasteiger partial charge in [0.2, 0.25) is 0 Å². The summed E-state index contributed by atoms with van der Waals surface area (Å²) in [5, 5.41) is 7.64. The second-order valence-electron chi connectivity index (χ2n) is 5.95. The van der Waals surface area contributed by atoms with Crippen LogP contribution in [0.4, 0.5) is 4.39 Å². The number of hydrogen-bond donors (Lipinski definition) is 2. The van der Waals surface area contributed by atoms with E-state index in [-0.39, 0.29) is 41.6 Å². The molecule has 0 saturated carbocycles. The van der Waals surface area contributed by atoms with Crippen molar-refractivity contribution in [3.8, 4) is 5.75 Å². The van der Waals surface area contributed by atoms with Crippen molar-refractivity contribution in [2.75, 3.05) is 20.1 Å². The van der Waals surface area contributed by atoms with Gasteiger partial charge in [0.1, 0.15) is 6.10 Å². The number of hydrogen-bond acceptors (Lipinski definition) is 4. The lowest BCUT2D eigenvalue weighted by Gasteiger charge is -2.20. The van der Waals surface area contributed by atoms with Crippen molar-refractivity contribution in [2.24, 2.45) is 4.99 Å². The minimum absolute atomic E-state index is 0. The van der Waals surface area contributed by atoms with E-state index in [2.05, 4.69) is 20.6 Å². The van der Waals surface area contributed by atoms with Gasteiger partial charge in [-0.15, -0.1) is 35.3 Å². The molecule has 0 aliphatic carbocycles. The molecule has 2 rings (SSSR count). The summed E-state index contributed by atoms with van der Waals surface area (Å²) in [6.45, 7) is 7.39. The number of nitrogens with zero attached hydrogens (tertiary/aromatic N) is 2. The number of aryl methyl sites for hydroxylation is 2. The number of guanidine groups is 1. The lowest BCUT2D eigenvalue weighted by atomic mass is 10.2. The maximum Gasteiger partial charge on any atom is 0.191 e. The molecule has 0 saturated heterocycles.